The lowest BCUT2D eigenvalue weighted by Crippen LogP contribution is -2.67. The van der Waals surface area contributed by atoms with E-state index in [1.165, 1.54) is 23.6 Å². The molecule has 0 heterocycles. The zero-order valence-corrected chi connectivity index (χ0v) is 16.8. The standard InChI is InChI=1S/C22H26O3Si/c1-22(2,3)26(18-11-7-5-8-12-18,19-13-9-6-10-14-19)20(17-23)15-16-21(24)25-4/h5-17,20H,1-4H3/b16-15-/t20-/m0/s1. The second-order valence-corrected chi connectivity index (χ2v) is 12.3. The highest BCUT2D eigenvalue weighted by molar-refractivity contribution is 7.07. The van der Waals surface area contributed by atoms with Gasteiger partial charge in [-0.15, -0.1) is 0 Å². The number of ether oxygens (including phenoxy) is 1. The molecule has 0 fully saturated rings. The second-order valence-electron chi connectivity index (χ2n) is 7.33. The van der Waals surface area contributed by atoms with Gasteiger partial charge >= 0.3 is 5.97 Å². The van der Waals surface area contributed by atoms with Crippen molar-refractivity contribution in [3.8, 4) is 0 Å². The van der Waals surface area contributed by atoms with Crippen LogP contribution in [0.5, 0.6) is 0 Å². The number of aldehydes is 1. The molecule has 2 rings (SSSR count). The van der Waals surface area contributed by atoms with Crippen molar-refractivity contribution in [3.05, 3.63) is 72.8 Å². The van der Waals surface area contributed by atoms with Crippen LogP contribution in [0.4, 0.5) is 0 Å². The molecule has 2 aromatic carbocycles. The number of carbonyl (C=O) groups is 2. The summed E-state index contributed by atoms with van der Waals surface area (Å²) in [4.78, 5) is 23.9. The number of rotatable bonds is 6. The van der Waals surface area contributed by atoms with E-state index in [2.05, 4.69) is 45.0 Å². The summed E-state index contributed by atoms with van der Waals surface area (Å²) in [6, 6.07) is 20.4. The van der Waals surface area contributed by atoms with Gasteiger partial charge in [0.05, 0.1) is 7.11 Å². The Morgan fingerprint density at radius 1 is 0.962 bits per heavy atom. The summed E-state index contributed by atoms with van der Waals surface area (Å²) < 4.78 is 4.73. The van der Waals surface area contributed by atoms with E-state index in [9.17, 15) is 9.59 Å². The van der Waals surface area contributed by atoms with E-state index < -0.39 is 19.6 Å². The van der Waals surface area contributed by atoms with Crippen LogP contribution in [-0.4, -0.2) is 27.4 Å². The molecule has 136 valence electrons. The topological polar surface area (TPSA) is 43.4 Å². The van der Waals surface area contributed by atoms with Gasteiger partial charge in [-0.1, -0.05) is 97.9 Å². The van der Waals surface area contributed by atoms with Crippen molar-refractivity contribution in [3.63, 3.8) is 0 Å². The van der Waals surface area contributed by atoms with Crippen LogP contribution < -0.4 is 10.4 Å². The molecule has 0 aliphatic carbocycles. The van der Waals surface area contributed by atoms with Gasteiger partial charge in [-0.25, -0.2) is 4.79 Å². The smallest absolute Gasteiger partial charge is 0.330 e. The molecule has 0 aromatic heterocycles. The molecule has 0 aliphatic rings. The van der Waals surface area contributed by atoms with E-state index in [0.717, 1.165) is 6.29 Å². The number of hydrogen-bond donors (Lipinski definition) is 0. The van der Waals surface area contributed by atoms with E-state index in [1.54, 1.807) is 6.08 Å². The Bertz CT molecular complexity index is 721. The second kappa shape index (κ2) is 8.28. The van der Waals surface area contributed by atoms with Gasteiger partial charge in [-0.05, 0) is 5.04 Å². The maximum atomic E-state index is 12.3. The Balaban J connectivity index is 2.81. The molecule has 0 saturated heterocycles. The predicted molar refractivity (Wildman–Crippen MR) is 109 cm³/mol. The molecule has 0 spiro atoms. The molecule has 2 aromatic rings. The zero-order chi connectivity index (χ0) is 19.2. The molecule has 0 bridgehead atoms. The van der Waals surface area contributed by atoms with Crippen LogP contribution in [0, 0.1) is 0 Å². The molecular formula is C22H26O3Si. The van der Waals surface area contributed by atoms with Crippen molar-refractivity contribution >= 4 is 30.7 Å². The van der Waals surface area contributed by atoms with Gasteiger partial charge in [0.2, 0.25) is 0 Å². The van der Waals surface area contributed by atoms with Gasteiger partial charge in [0, 0.05) is 11.6 Å². The van der Waals surface area contributed by atoms with E-state index in [-0.39, 0.29) is 5.04 Å². The number of esters is 1. The minimum Gasteiger partial charge on any atom is -0.466 e. The molecule has 26 heavy (non-hydrogen) atoms. The van der Waals surface area contributed by atoms with Crippen LogP contribution in [0.3, 0.4) is 0 Å². The number of allylic oxidation sites excluding steroid dienone is 1. The number of methoxy groups -OCH3 is 1. The first-order chi connectivity index (χ1) is 12.4. The highest BCUT2D eigenvalue weighted by Crippen LogP contribution is 2.43. The highest BCUT2D eigenvalue weighted by Gasteiger charge is 2.52. The summed E-state index contributed by atoms with van der Waals surface area (Å²) in [6.07, 6.45) is 4.08. The molecule has 3 nitrogen and oxygen atoms in total. The third kappa shape index (κ3) is 3.70. The Hall–Kier alpha value is -2.46. The van der Waals surface area contributed by atoms with Crippen LogP contribution in [0.15, 0.2) is 72.8 Å². The largest absolute Gasteiger partial charge is 0.466 e. The van der Waals surface area contributed by atoms with Gasteiger partial charge in [0.25, 0.3) is 0 Å². The average Bonchev–Trinajstić information content (AvgIpc) is 2.65. The Kier molecular flexibility index (Phi) is 6.32. The van der Waals surface area contributed by atoms with E-state index in [4.69, 9.17) is 4.74 Å². The van der Waals surface area contributed by atoms with E-state index in [0.29, 0.717) is 0 Å². The third-order valence-electron chi connectivity index (χ3n) is 4.93. The molecule has 0 amide bonds. The van der Waals surface area contributed by atoms with Crippen LogP contribution in [0.25, 0.3) is 0 Å². The maximum Gasteiger partial charge on any atom is 0.330 e. The maximum absolute atomic E-state index is 12.3. The average molecular weight is 367 g/mol. The van der Waals surface area contributed by atoms with Gasteiger partial charge in [-0.3, -0.25) is 0 Å². The summed E-state index contributed by atoms with van der Waals surface area (Å²) in [5.41, 5.74) is -0.397. The molecule has 0 radical (unpaired) electrons. The van der Waals surface area contributed by atoms with Crippen molar-refractivity contribution in [1.29, 1.82) is 0 Å². The minimum absolute atomic E-state index is 0.165. The summed E-state index contributed by atoms with van der Waals surface area (Å²) in [6.45, 7) is 6.55. The number of hydrogen-bond acceptors (Lipinski definition) is 3. The molecule has 1 atom stereocenters. The van der Waals surface area contributed by atoms with Crippen molar-refractivity contribution in [1.82, 2.24) is 0 Å². The SMILES string of the molecule is COC(=O)/C=C\[C@@H](C=O)[Si](c1ccccc1)(c1ccccc1)C(C)(C)C. The van der Waals surface area contributed by atoms with Gasteiger partial charge in [0.1, 0.15) is 14.4 Å². The fourth-order valence-corrected chi connectivity index (χ4v) is 9.72. The van der Waals surface area contributed by atoms with Crippen molar-refractivity contribution in [2.45, 2.75) is 31.4 Å². The van der Waals surface area contributed by atoms with Crippen LogP contribution in [0.2, 0.25) is 10.6 Å². The lowest BCUT2D eigenvalue weighted by atomic mass is 10.2. The monoisotopic (exact) mass is 366 g/mol. The lowest BCUT2D eigenvalue weighted by Gasteiger charge is -2.46. The first-order valence-corrected chi connectivity index (χ1v) is 10.8. The molecule has 0 N–H and O–H groups in total. The van der Waals surface area contributed by atoms with Gasteiger partial charge in [-0.2, -0.15) is 0 Å². The lowest BCUT2D eigenvalue weighted by molar-refractivity contribution is -0.134. The van der Waals surface area contributed by atoms with Gasteiger partial charge < -0.3 is 9.53 Å². The predicted octanol–water partition coefficient (Wildman–Crippen LogP) is 3.35. The van der Waals surface area contributed by atoms with Gasteiger partial charge in [0.15, 0.2) is 0 Å². The molecule has 0 saturated carbocycles. The fourth-order valence-electron chi connectivity index (χ4n) is 3.86. The molecule has 0 aliphatic heterocycles. The Morgan fingerprint density at radius 2 is 1.42 bits per heavy atom. The van der Waals surface area contributed by atoms with Crippen LogP contribution in [0.1, 0.15) is 20.8 Å². The highest BCUT2D eigenvalue weighted by atomic mass is 28.3. The first-order valence-electron chi connectivity index (χ1n) is 8.70. The quantitative estimate of drug-likeness (QED) is 0.341. The number of benzene rings is 2. The summed E-state index contributed by atoms with van der Waals surface area (Å²) in [5.74, 6) is -0.449. The van der Waals surface area contributed by atoms with Crippen molar-refractivity contribution < 1.29 is 14.3 Å². The van der Waals surface area contributed by atoms with E-state index >= 15 is 0 Å². The fraction of sp³-hybridized carbons (Fsp3) is 0.273. The van der Waals surface area contributed by atoms with Crippen LogP contribution in [-0.2, 0) is 14.3 Å². The zero-order valence-electron chi connectivity index (χ0n) is 15.8. The van der Waals surface area contributed by atoms with Crippen LogP contribution >= 0.6 is 0 Å². The summed E-state index contributed by atoms with van der Waals surface area (Å²) >= 11 is 0. The summed E-state index contributed by atoms with van der Waals surface area (Å²) in [7, 11) is -1.28. The third-order valence-corrected chi connectivity index (χ3v) is 11.1. The van der Waals surface area contributed by atoms with E-state index in [1.807, 2.05) is 36.4 Å². The normalized spacial score (nSPS) is 13.4. The molecule has 4 heteroatoms. The number of carbonyl (C=O) groups excluding carboxylic acids is 2. The van der Waals surface area contributed by atoms with Crippen molar-refractivity contribution in [2.24, 2.45) is 0 Å². The molecule has 0 unspecified atom stereocenters. The first kappa shape index (κ1) is 19.9. The Labute approximate surface area is 156 Å². The molecular weight excluding hydrogens is 340 g/mol. The Morgan fingerprint density at radius 3 is 1.77 bits per heavy atom. The van der Waals surface area contributed by atoms with Crippen molar-refractivity contribution in [2.75, 3.05) is 7.11 Å². The summed E-state index contributed by atoms with van der Waals surface area (Å²) in [5, 5.41) is 2.18. The minimum atomic E-state index is -2.62.